The highest BCUT2D eigenvalue weighted by atomic mass is 16.5. The lowest BCUT2D eigenvalue weighted by Crippen LogP contribution is -2.30. The first-order valence-corrected chi connectivity index (χ1v) is 7.20. The number of primary amides is 1. The van der Waals surface area contributed by atoms with E-state index in [1.165, 1.54) is 0 Å². The Morgan fingerprint density at radius 3 is 2.45 bits per heavy atom. The number of hydrogen-bond acceptors (Lipinski definition) is 3. The molecule has 0 aliphatic carbocycles. The zero-order valence-corrected chi connectivity index (χ0v) is 12.7. The second-order valence-electron chi connectivity index (χ2n) is 5.63. The molecule has 0 saturated heterocycles. The molecule has 0 aliphatic heterocycles. The fourth-order valence-corrected chi connectivity index (χ4v) is 1.78. The summed E-state index contributed by atoms with van der Waals surface area (Å²) >= 11 is 0. The molecule has 0 saturated carbocycles. The standard InChI is InChI=1S/C16H26N2O2/c1-12(2)8-9-20-15-6-4-14(5-7-15)11-18-13(3)10-16(17)19/h4-7,12-13,18H,8-11H2,1-3H3,(H2,17,19). The number of carbonyl (C=O) groups is 1. The van der Waals surface area contributed by atoms with E-state index in [1.807, 2.05) is 31.2 Å². The zero-order chi connectivity index (χ0) is 15.0. The van der Waals surface area contributed by atoms with Crippen molar-refractivity contribution in [3.05, 3.63) is 29.8 Å². The summed E-state index contributed by atoms with van der Waals surface area (Å²) in [5.74, 6) is 1.28. The van der Waals surface area contributed by atoms with Gasteiger partial charge in [-0.1, -0.05) is 26.0 Å². The fraction of sp³-hybridized carbons (Fsp3) is 0.562. The molecule has 112 valence electrons. The molecule has 1 unspecified atom stereocenters. The van der Waals surface area contributed by atoms with Crippen LogP contribution in [-0.4, -0.2) is 18.6 Å². The number of ether oxygens (including phenoxy) is 1. The first-order chi connectivity index (χ1) is 9.47. The lowest BCUT2D eigenvalue weighted by atomic mass is 10.1. The minimum atomic E-state index is -0.279. The maximum Gasteiger partial charge on any atom is 0.218 e. The number of nitrogens with one attached hydrogen (secondary N) is 1. The average molecular weight is 278 g/mol. The molecule has 0 bridgehead atoms. The van der Waals surface area contributed by atoms with Crippen LogP contribution in [-0.2, 0) is 11.3 Å². The van der Waals surface area contributed by atoms with Crippen molar-refractivity contribution in [2.24, 2.45) is 11.7 Å². The van der Waals surface area contributed by atoms with Crippen molar-refractivity contribution >= 4 is 5.91 Å². The van der Waals surface area contributed by atoms with Crippen LogP contribution < -0.4 is 15.8 Å². The van der Waals surface area contributed by atoms with Crippen molar-refractivity contribution in [1.29, 1.82) is 0 Å². The van der Waals surface area contributed by atoms with Gasteiger partial charge in [0.05, 0.1) is 6.61 Å². The Kier molecular flexibility index (Phi) is 7.09. The molecule has 4 heteroatoms. The summed E-state index contributed by atoms with van der Waals surface area (Å²) in [5.41, 5.74) is 6.32. The molecule has 20 heavy (non-hydrogen) atoms. The molecule has 1 aromatic rings. The Balaban J connectivity index is 2.33. The van der Waals surface area contributed by atoms with Gasteiger partial charge in [0, 0.05) is 19.0 Å². The molecule has 0 radical (unpaired) electrons. The second-order valence-corrected chi connectivity index (χ2v) is 5.63. The fourth-order valence-electron chi connectivity index (χ4n) is 1.78. The van der Waals surface area contributed by atoms with E-state index in [4.69, 9.17) is 10.5 Å². The summed E-state index contributed by atoms with van der Waals surface area (Å²) in [4.78, 5) is 10.8. The van der Waals surface area contributed by atoms with E-state index in [0.717, 1.165) is 30.9 Å². The van der Waals surface area contributed by atoms with Crippen LogP contribution in [0.3, 0.4) is 0 Å². The van der Waals surface area contributed by atoms with Gasteiger partial charge < -0.3 is 15.8 Å². The van der Waals surface area contributed by atoms with Gasteiger partial charge in [-0.2, -0.15) is 0 Å². The summed E-state index contributed by atoms with van der Waals surface area (Å²) in [6.07, 6.45) is 1.42. The molecule has 0 aliphatic rings. The molecule has 3 N–H and O–H groups in total. The Bertz CT molecular complexity index is 401. The average Bonchev–Trinajstić information content (AvgIpc) is 2.36. The van der Waals surface area contributed by atoms with E-state index < -0.39 is 0 Å². The number of amides is 1. The van der Waals surface area contributed by atoms with Crippen LogP contribution in [0.15, 0.2) is 24.3 Å². The van der Waals surface area contributed by atoms with Gasteiger partial charge in [0.25, 0.3) is 0 Å². The number of nitrogens with two attached hydrogens (primary N) is 1. The first kappa shape index (κ1) is 16.5. The van der Waals surface area contributed by atoms with E-state index >= 15 is 0 Å². The Morgan fingerprint density at radius 1 is 1.25 bits per heavy atom. The monoisotopic (exact) mass is 278 g/mol. The van der Waals surface area contributed by atoms with Gasteiger partial charge in [-0.25, -0.2) is 0 Å². The maximum atomic E-state index is 10.8. The number of hydrogen-bond donors (Lipinski definition) is 2. The van der Waals surface area contributed by atoms with Crippen molar-refractivity contribution in [1.82, 2.24) is 5.32 Å². The van der Waals surface area contributed by atoms with E-state index in [1.54, 1.807) is 0 Å². The third kappa shape index (κ3) is 7.14. The first-order valence-electron chi connectivity index (χ1n) is 7.20. The lowest BCUT2D eigenvalue weighted by molar-refractivity contribution is -0.118. The van der Waals surface area contributed by atoms with Gasteiger partial charge >= 0.3 is 0 Å². The molecule has 4 nitrogen and oxygen atoms in total. The smallest absolute Gasteiger partial charge is 0.218 e. The van der Waals surface area contributed by atoms with E-state index in [-0.39, 0.29) is 11.9 Å². The van der Waals surface area contributed by atoms with Crippen LogP contribution in [0.1, 0.15) is 39.2 Å². The highest BCUT2D eigenvalue weighted by Gasteiger charge is 2.05. The van der Waals surface area contributed by atoms with Gasteiger partial charge in [-0.3, -0.25) is 4.79 Å². The predicted octanol–water partition coefficient (Wildman–Crippen LogP) is 2.46. The second kappa shape index (κ2) is 8.59. The van der Waals surface area contributed by atoms with Crippen LogP contribution in [0.4, 0.5) is 0 Å². The minimum absolute atomic E-state index is 0.0921. The molecule has 1 amide bonds. The molecule has 0 fully saturated rings. The van der Waals surface area contributed by atoms with Gasteiger partial charge in [0.1, 0.15) is 5.75 Å². The maximum absolute atomic E-state index is 10.8. The predicted molar refractivity (Wildman–Crippen MR) is 81.5 cm³/mol. The summed E-state index contributed by atoms with van der Waals surface area (Å²) in [7, 11) is 0. The van der Waals surface area contributed by atoms with Crippen molar-refractivity contribution < 1.29 is 9.53 Å². The molecule has 0 spiro atoms. The third-order valence-electron chi connectivity index (χ3n) is 3.05. The number of benzene rings is 1. The highest BCUT2D eigenvalue weighted by molar-refractivity contribution is 5.74. The van der Waals surface area contributed by atoms with Gasteiger partial charge in [0.15, 0.2) is 0 Å². The highest BCUT2D eigenvalue weighted by Crippen LogP contribution is 2.13. The number of rotatable bonds is 9. The molecule has 0 heterocycles. The summed E-state index contributed by atoms with van der Waals surface area (Å²) in [6, 6.07) is 8.13. The van der Waals surface area contributed by atoms with Gasteiger partial charge in [-0.05, 0) is 37.0 Å². The number of carbonyl (C=O) groups excluding carboxylic acids is 1. The Hall–Kier alpha value is -1.55. The van der Waals surface area contributed by atoms with E-state index in [0.29, 0.717) is 12.3 Å². The normalized spacial score (nSPS) is 12.4. The van der Waals surface area contributed by atoms with Crippen molar-refractivity contribution in [2.45, 2.75) is 46.2 Å². The van der Waals surface area contributed by atoms with Crippen molar-refractivity contribution in [3.63, 3.8) is 0 Å². The van der Waals surface area contributed by atoms with Crippen molar-refractivity contribution in [2.75, 3.05) is 6.61 Å². The lowest BCUT2D eigenvalue weighted by Gasteiger charge is -2.12. The molecule has 1 aromatic carbocycles. The zero-order valence-electron chi connectivity index (χ0n) is 12.7. The molecule has 1 rings (SSSR count). The van der Waals surface area contributed by atoms with E-state index in [9.17, 15) is 4.79 Å². The quantitative estimate of drug-likeness (QED) is 0.729. The van der Waals surface area contributed by atoms with Crippen LogP contribution >= 0.6 is 0 Å². The van der Waals surface area contributed by atoms with Crippen LogP contribution in [0, 0.1) is 5.92 Å². The Morgan fingerprint density at radius 2 is 1.90 bits per heavy atom. The topological polar surface area (TPSA) is 64.3 Å². The van der Waals surface area contributed by atoms with Crippen LogP contribution in [0.25, 0.3) is 0 Å². The molecular formula is C16H26N2O2. The molecular weight excluding hydrogens is 252 g/mol. The molecule has 0 aromatic heterocycles. The summed E-state index contributed by atoms with van der Waals surface area (Å²) in [5, 5.41) is 3.27. The largest absolute Gasteiger partial charge is 0.494 e. The van der Waals surface area contributed by atoms with Crippen LogP contribution in [0.2, 0.25) is 0 Å². The Labute approximate surface area is 121 Å². The van der Waals surface area contributed by atoms with Crippen molar-refractivity contribution in [3.8, 4) is 5.75 Å². The van der Waals surface area contributed by atoms with E-state index in [2.05, 4.69) is 19.2 Å². The van der Waals surface area contributed by atoms with Gasteiger partial charge in [0.2, 0.25) is 5.91 Å². The third-order valence-corrected chi connectivity index (χ3v) is 3.05. The SMILES string of the molecule is CC(C)CCOc1ccc(CNC(C)CC(N)=O)cc1. The van der Waals surface area contributed by atoms with Gasteiger partial charge in [-0.15, -0.1) is 0 Å². The molecule has 1 atom stereocenters. The summed E-state index contributed by atoms with van der Waals surface area (Å²) in [6.45, 7) is 7.80. The summed E-state index contributed by atoms with van der Waals surface area (Å²) < 4.78 is 5.67. The minimum Gasteiger partial charge on any atom is -0.494 e. The van der Waals surface area contributed by atoms with Crippen LogP contribution in [0.5, 0.6) is 5.75 Å².